The summed E-state index contributed by atoms with van der Waals surface area (Å²) < 4.78 is 6.36. The Morgan fingerprint density at radius 2 is 2.00 bits per heavy atom. The topological polar surface area (TPSA) is 39.2 Å². The molecule has 0 bridgehead atoms. The van der Waals surface area contributed by atoms with Crippen LogP contribution in [-0.2, 0) is 6.42 Å². The van der Waals surface area contributed by atoms with Crippen LogP contribution in [0.2, 0.25) is 0 Å². The molecule has 3 rings (SSSR count). The highest BCUT2D eigenvalue weighted by Gasteiger charge is 2.10. The van der Waals surface area contributed by atoms with Crippen molar-refractivity contribution >= 4 is 27.5 Å². The van der Waals surface area contributed by atoms with Gasteiger partial charge < -0.3 is 4.74 Å². The van der Waals surface area contributed by atoms with Gasteiger partial charge in [-0.2, -0.15) is 0 Å². The van der Waals surface area contributed by atoms with Crippen molar-refractivity contribution in [2.45, 2.75) is 13.3 Å². The quantitative estimate of drug-likeness (QED) is 0.537. The molecule has 0 saturated carbocycles. The van der Waals surface area contributed by atoms with Crippen molar-refractivity contribution in [1.29, 1.82) is 0 Å². The second-order valence-electron chi connectivity index (χ2n) is 4.42. The first-order valence-corrected chi connectivity index (χ1v) is 7.28. The lowest BCUT2D eigenvalue weighted by atomic mass is 10.2. The summed E-state index contributed by atoms with van der Waals surface area (Å²) in [6, 6.07) is 13.0. The second-order valence-corrected chi connectivity index (χ2v) is 5.31. The van der Waals surface area contributed by atoms with E-state index in [-0.39, 0.29) is 5.97 Å². The van der Waals surface area contributed by atoms with E-state index in [0.717, 1.165) is 16.6 Å². The molecule has 1 aromatic heterocycles. The summed E-state index contributed by atoms with van der Waals surface area (Å²) in [6.45, 7) is 2.09. The van der Waals surface area contributed by atoms with Gasteiger partial charge in [0.25, 0.3) is 0 Å². The van der Waals surface area contributed by atoms with Crippen LogP contribution in [0.3, 0.4) is 0 Å². The molecule has 0 aliphatic rings. The Bertz CT molecular complexity index is 747. The SMILES string of the molecule is CCc1ccc(OC(=O)c2ccc3ncsc3c2)cc1. The molecule has 0 N–H and O–H groups in total. The Kier molecular flexibility index (Phi) is 3.48. The smallest absolute Gasteiger partial charge is 0.343 e. The van der Waals surface area contributed by atoms with Gasteiger partial charge in [-0.25, -0.2) is 9.78 Å². The molecule has 100 valence electrons. The Balaban J connectivity index is 1.80. The maximum Gasteiger partial charge on any atom is 0.343 e. The summed E-state index contributed by atoms with van der Waals surface area (Å²) in [4.78, 5) is 16.3. The number of hydrogen-bond donors (Lipinski definition) is 0. The summed E-state index contributed by atoms with van der Waals surface area (Å²) in [5, 5.41) is 0. The van der Waals surface area contributed by atoms with Crippen LogP contribution in [0, 0.1) is 0 Å². The van der Waals surface area contributed by atoms with Crippen molar-refractivity contribution in [2.75, 3.05) is 0 Å². The first-order chi connectivity index (χ1) is 9.76. The van der Waals surface area contributed by atoms with Crippen LogP contribution in [0.25, 0.3) is 10.2 Å². The minimum atomic E-state index is -0.343. The maximum absolute atomic E-state index is 12.1. The number of rotatable bonds is 3. The number of fused-ring (bicyclic) bond motifs is 1. The largest absolute Gasteiger partial charge is 0.423 e. The Labute approximate surface area is 120 Å². The van der Waals surface area contributed by atoms with Crippen LogP contribution in [0.4, 0.5) is 0 Å². The van der Waals surface area contributed by atoms with E-state index in [4.69, 9.17) is 4.74 Å². The van der Waals surface area contributed by atoms with Crippen molar-refractivity contribution < 1.29 is 9.53 Å². The fourth-order valence-electron chi connectivity index (χ4n) is 1.94. The fraction of sp³-hybridized carbons (Fsp3) is 0.125. The molecular formula is C16H13NO2S. The van der Waals surface area contributed by atoms with Crippen molar-refractivity contribution in [3.8, 4) is 5.75 Å². The average Bonchev–Trinajstić information content (AvgIpc) is 2.95. The number of carbonyl (C=O) groups excluding carboxylic acids is 1. The Hall–Kier alpha value is -2.20. The average molecular weight is 283 g/mol. The molecule has 0 amide bonds. The summed E-state index contributed by atoms with van der Waals surface area (Å²) in [5.41, 5.74) is 4.43. The molecule has 3 nitrogen and oxygen atoms in total. The number of hydrogen-bond acceptors (Lipinski definition) is 4. The highest BCUT2D eigenvalue weighted by Crippen LogP contribution is 2.20. The van der Waals surface area contributed by atoms with Crippen molar-refractivity contribution in [3.63, 3.8) is 0 Å². The van der Waals surface area contributed by atoms with E-state index in [1.807, 2.05) is 36.4 Å². The lowest BCUT2D eigenvalue weighted by Gasteiger charge is -2.05. The van der Waals surface area contributed by atoms with Crippen LogP contribution in [0.1, 0.15) is 22.8 Å². The van der Waals surface area contributed by atoms with E-state index in [2.05, 4.69) is 11.9 Å². The van der Waals surface area contributed by atoms with Crippen LogP contribution in [0.15, 0.2) is 48.0 Å². The van der Waals surface area contributed by atoms with Crippen molar-refractivity contribution in [1.82, 2.24) is 4.98 Å². The first-order valence-electron chi connectivity index (χ1n) is 6.40. The van der Waals surface area contributed by atoms with E-state index < -0.39 is 0 Å². The highest BCUT2D eigenvalue weighted by atomic mass is 32.1. The molecule has 0 unspecified atom stereocenters. The molecule has 0 radical (unpaired) electrons. The molecular weight excluding hydrogens is 270 g/mol. The molecule has 0 spiro atoms. The van der Waals surface area contributed by atoms with Crippen molar-refractivity contribution in [2.24, 2.45) is 0 Å². The molecule has 2 aromatic carbocycles. The van der Waals surface area contributed by atoms with Gasteiger partial charge in [-0.1, -0.05) is 19.1 Å². The minimum absolute atomic E-state index is 0.343. The van der Waals surface area contributed by atoms with E-state index >= 15 is 0 Å². The number of benzene rings is 2. The van der Waals surface area contributed by atoms with Gasteiger partial charge in [0.2, 0.25) is 0 Å². The van der Waals surface area contributed by atoms with E-state index in [9.17, 15) is 4.79 Å². The van der Waals surface area contributed by atoms with Gasteiger partial charge in [-0.3, -0.25) is 0 Å². The zero-order chi connectivity index (χ0) is 13.9. The number of aromatic nitrogens is 1. The van der Waals surface area contributed by atoms with Crippen LogP contribution in [0.5, 0.6) is 5.75 Å². The summed E-state index contributed by atoms with van der Waals surface area (Å²) >= 11 is 1.51. The minimum Gasteiger partial charge on any atom is -0.423 e. The molecule has 0 atom stereocenters. The van der Waals surface area contributed by atoms with Gasteiger partial charge in [0, 0.05) is 0 Å². The Morgan fingerprint density at radius 1 is 1.20 bits per heavy atom. The third-order valence-corrected chi connectivity index (χ3v) is 3.90. The summed E-state index contributed by atoms with van der Waals surface area (Å²) in [6.07, 6.45) is 0.969. The standard InChI is InChI=1S/C16H13NO2S/c1-2-11-3-6-13(7-4-11)19-16(18)12-5-8-14-15(9-12)20-10-17-14/h3-10H,2H2,1H3. The summed E-state index contributed by atoms with van der Waals surface area (Å²) in [7, 11) is 0. The predicted octanol–water partition coefficient (Wildman–Crippen LogP) is 4.08. The second kappa shape index (κ2) is 5.43. The molecule has 1 heterocycles. The molecule has 4 heteroatoms. The van der Waals surface area contributed by atoms with Gasteiger partial charge in [0.1, 0.15) is 5.75 Å². The zero-order valence-corrected chi connectivity index (χ0v) is 11.8. The van der Waals surface area contributed by atoms with Crippen LogP contribution in [-0.4, -0.2) is 11.0 Å². The van der Waals surface area contributed by atoms with Crippen molar-refractivity contribution in [3.05, 3.63) is 59.1 Å². The Morgan fingerprint density at radius 3 is 2.75 bits per heavy atom. The number of aryl methyl sites for hydroxylation is 1. The third-order valence-electron chi connectivity index (χ3n) is 3.11. The van der Waals surface area contributed by atoms with Gasteiger partial charge >= 0.3 is 5.97 Å². The van der Waals surface area contributed by atoms with Crippen LogP contribution >= 0.6 is 11.3 Å². The lowest BCUT2D eigenvalue weighted by molar-refractivity contribution is 0.0735. The molecule has 20 heavy (non-hydrogen) atoms. The number of carbonyl (C=O) groups is 1. The van der Waals surface area contributed by atoms with E-state index in [1.165, 1.54) is 16.9 Å². The third kappa shape index (κ3) is 2.56. The molecule has 0 aliphatic heterocycles. The first kappa shape index (κ1) is 12.8. The van der Waals surface area contributed by atoms with Gasteiger partial charge in [0.05, 0.1) is 21.3 Å². The normalized spacial score (nSPS) is 10.7. The van der Waals surface area contributed by atoms with Gasteiger partial charge in [-0.05, 0) is 42.3 Å². The van der Waals surface area contributed by atoms with Gasteiger partial charge in [-0.15, -0.1) is 11.3 Å². The zero-order valence-electron chi connectivity index (χ0n) is 11.0. The number of ether oxygens (including phenoxy) is 1. The van der Waals surface area contributed by atoms with Gasteiger partial charge in [0.15, 0.2) is 0 Å². The fourth-order valence-corrected chi connectivity index (χ4v) is 2.66. The monoisotopic (exact) mass is 283 g/mol. The lowest BCUT2D eigenvalue weighted by Crippen LogP contribution is -2.08. The summed E-state index contributed by atoms with van der Waals surface area (Å²) in [5.74, 6) is 0.223. The molecule has 3 aromatic rings. The number of thiazole rings is 1. The molecule has 0 saturated heterocycles. The predicted molar refractivity (Wildman–Crippen MR) is 80.4 cm³/mol. The molecule has 0 aliphatic carbocycles. The van der Waals surface area contributed by atoms with Crippen LogP contribution < -0.4 is 4.74 Å². The maximum atomic E-state index is 12.1. The molecule has 0 fully saturated rings. The highest BCUT2D eigenvalue weighted by molar-refractivity contribution is 7.16. The number of nitrogens with zero attached hydrogens (tertiary/aromatic N) is 1. The van der Waals surface area contributed by atoms with E-state index in [0.29, 0.717) is 11.3 Å². The van der Waals surface area contributed by atoms with E-state index in [1.54, 1.807) is 11.6 Å². The number of esters is 1.